The first-order valence-corrected chi connectivity index (χ1v) is 6.93. The second-order valence-electron chi connectivity index (χ2n) is 5.37. The summed E-state index contributed by atoms with van der Waals surface area (Å²) in [5.74, 6) is -1.39. The van der Waals surface area contributed by atoms with Crippen molar-refractivity contribution in [1.29, 1.82) is 0 Å². The van der Waals surface area contributed by atoms with E-state index in [1.54, 1.807) is 13.8 Å². The fourth-order valence-corrected chi connectivity index (χ4v) is 2.23. The van der Waals surface area contributed by atoms with Crippen molar-refractivity contribution < 1.29 is 19.2 Å². The van der Waals surface area contributed by atoms with E-state index in [2.05, 4.69) is 5.32 Å². The molecule has 0 bridgehead atoms. The van der Waals surface area contributed by atoms with Crippen LogP contribution in [0.2, 0.25) is 0 Å². The number of rotatable bonds is 4. The van der Waals surface area contributed by atoms with Crippen molar-refractivity contribution in [2.45, 2.75) is 26.1 Å². The van der Waals surface area contributed by atoms with Crippen LogP contribution in [0.25, 0.3) is 0 Å². The molecule has 0 spiro atoms. The van der Waals surface area contributed by atoms with Crippen LogP contribution in [-0.2, 0) is 9.47 Å². The molecule has 3 N–H and O–H groups in total. The summed E-state index contributed by atoms with van der Waals surface area (Å²) in [6, 6.07) is 2.85. The summed E-state index contributed by atoms with van der Waals surface area (Å²) in [4.78, 5) is 22.6. The number of nitrogens with two attached hydrogens (primary N) is 1. The molecule has 1 heterocycles. The predicted molar refractivity (Wildman–Crippen MR) is 79.5 cm³/mol. The minimum atomic E-state index is -0.890. The maximum Gasteiger partial charge on any atom is 0.293 e. The Labute approximate surface area is 127 Å². The van der Waals surface area contributed by atoms with Crippen molar-refractivity contribution in [3.63, 3.8) is 0 Å². The Balaban J connectivity index is 2.14. The van der Waals surface area contributed by atoms with Crippen LogP contribution in [0.15, 0.2) is 12.1 Å². The number of ether oxygens (including phenoxy) is 2. The number of aryl methyl sites for hydroxylation is 1. The van der Waals surface area contributed by atoms with Crippen molar-refractivity contribution in [1.82, 2.24) is 5.32 Å². The number of carbonyl (C=O) groups excluding carboxylic acids is 1. The summed E-state index contributed by atoms with van der Waals surface area (Å²) in [6.07, 6.45) is 0.806. The standard InChI is InChI=1S/C14H19N3O5/c1-9-6-10(12(15)11(7-9)17(19)20)13(18)16-8-14(2)21-4-3-5-22-14/h6-7H,3-5,8,15H2,1-2H3,(H,16,18). The fraction of sp³-hybridized carbons (Fsp3) is 0.500. The van der Waals surface area contributed by atoms with Crippen molar-refractivity contribution >= 4 is 17.3 Å². The normalized spacial score (nSPS) is 17.0. The van der Waals surface area contributed by atoms with E-state index in [-0.39, 0.29) is 23.5 Å². The summed E-state index contributed by atoms with van der Waals surface area (Å²) >= 11 is 0. The van der Waals surface area contributed by atoms with Gasteiger partial charge < -0.3 is 20.5 Å². The molecular formula is C14H19N3O5. The van der Waals surface area contributed by atoms with Gasteiger partial charge in [-0.1, -0.05) is 0 Å². The number of amides is 1. The van der Waals surface area contributed by atoms with Gasteiger partial charge in [0.25, 0.3) is 11.6 Å². The van der Waals surface area contributed by atoms with Crippen LogP contribution in [0.5, 0.6) is 0 Å². The Morgan fingerprint density at radius 3 is 2.68 bits per heavy atom. The lowest BCUT2D eigenvalue weighted by Gasteiger charge is -2.33. The molecule has 120 valence electrons. The molecule has 22 heavy (non-hydrogen) atoms. The molecule has 0 atom stereocenters. The zero-order valence-corrected chi connectivity index (χ0v) is 12.5. The number of hydrogen-bond donors (Lipinski definition) is 2. The van der Waals surface area contributed by atoms with Crippen molar-refractivity contribution in [2.75, 3.05) is 25.5 Å². The van der Waals surface area contributed by atoms with Gasteiger partial charge in [-0.15, -0.1) is 0 Å². The zero-order chi connectivity index (χ0) is 16.3. The van der Waals surface area contributed by atoms with Gasteiger partial charge in [0.05, 0.1) is 30.2 Å². The maximum absolute atomic E-state index is 12.3. The highest BCUT2D eigenvalue weighted by Crippen LogP contribution is 2.27. The van der Waals surface area contributed by atoms with Crippen LogP contribution in [-0.4, -0.2) is 36.4 Å². The van der Waals surface area contributed by atoms with Gasteiger partial charge in [0.2, 0.25) is 0 Å². The van der Waals surface area contributed by atoms with E-state index in [1.807, 2.05) is 0 Å². The van der Waals surface area contributed by atoms with E-state index in [0.29, 0.717) is 18.8 Å². The largest absolute Gasteiger partial charge is 0.393 e. The maximum atomic E-state index is 12.3. The summed E-state index contributed by atoms with van der Waals surface area (Å²) < 4.78 is 11.0. The molecule has 0 aliphatic carbocycles. The fourth-order valence-electron chi connectivity index (χ4n) is 2.23. The number of nitrogen functional groups attached to an aromatic ring is 1. The third-order valence-corrected chi connectivity index (χ3v) is 3.42. The summed E-state index contributed by atoms with van der Waals surface area (Å²) in [6.45, 7) is 4.65. The minimum absolute atomic E-state index is 0.0751. The van der Waals surface area contributed by atoms with E-state index < -0.39 is 16.6 Å². The van der Waals surface area contributed by atoms with Gasteiger partial charge in [0, 0.05) is 6.07 Å². The Bertz CT molecular complexity index is 596. The number of benzene rings is 1. The molecule has 0 saturated carbocycles. The molecule has 1 amide bonds. The van der Waals surface area contributed by atoms with E-state index in [0.717, 1.165) is 6.42 Å². The molecule has 1 aliphatic rings. The van der Waals surface area contributed by atoms with Gasteiger partial charge in [-0.25, -0.2) is 0 Å². The molecule has 1 aliphatic heterocycles. The molecule has 1 fully saturated rings. The highest BCUT2D eigenvalue weighted by Gasteiger charge is 2.30. The monoisotopic (exact) mass is 309 g/mol. The molecule has 8 heteroatoms. The van der Waals surface area contributed by atoms with Crippen molar-refractivity contribution in [3.05, 3.63) is 33.4 Å². The number of anilines is 1. The van der Waals surface area contributed by atoms with Crippen molar-refractivity contribution in [2.24, 2.45) is 0 Å². The third kappa shape index (κ3) is 3.52. The number of nitro benzene ring substituents is 1. The van der Waals surface area contributed by atoms with Crippen LogP contribution < -0.4 is 11.1 Å². The molecule has 2 rings (SSSR count). The Morgan fingerprint density at radius 2 is 2.09 bits per heavy atom. The quantitative estimate of drug-likeness (QED) is 0.493. The second-order valence-corrected chi connectivity index (χ2v) is 5.37. The van der Waals surface area contributed by atoms with E-state index in [1.165, 1.54) is 12.1 Å². The molecule has 1 saturated heterocycles. The van der Waals surface area contributed by atoms with Crippen LogP contribution in [0.4, 0.5) is 11.4 Å². The third-order valence-electron chi connectivity index (χ3n) is 3.42. The first-order valence-electron chi connectivity index (χ1n) is 6.93. The molecule has 0 unspecified atom stereocenters. The molecule has 8 nitrogen and oxygen atoms in total. The first-order chi connectivity index (χ1) is 10.3. The van der Waals surface area contributed by atoms with Gasteiger partial charge >= 0.3 is 0 Å². The van der Waals surface area contributed by atoms with Crippen LogP contribution in [0, 0.1) is 17.0 Å². The van der Waals surface area contributed by atoms with Gasteiger partial charge in [-0.2, -0.15) is 0 Å². The van der Waals surface area contributed by atoms with E-state index >= 15 is 0 Å². The average Bonchev–Trinajstić information content (AvgIpc) is 2.47. The van der Waals surface area contributed by atoms with Crippen molar-refractivity contribution in [3.8, 4) is 0 Å². The SMILES string of the molecule is Cc1cc(C(=O)NCC2(C)OCCCO2)c(N)c([N+](=O)[O-])c1. The van der Waals surface area contributed by atoms with E-state index in [4.69, 9.17) is 15.2 Å². The molecule has 1 aromatic rings. The van der Waals surface area contributed by atoms with Crippen LogP contribution in [0.3, 0.4) is 0 Å². The van der Waals surface area contributed by atoms with E-state index in [9.17, 15) is 14.9 Å². The second kappa shape index (κ2) is 6.29. The Hall–Kier alpha value is -2.19. The van der Waals surface area contributed by atoms with Gasteiger partial charge in [-0.05, 0) is 31.9 Å². The summed E-state index contributed by atoms with van der Waals surface area (Å²) in [5, 5.41) is 13.6. The first kappa shape index (κ1) is 16.2. The smallest absolute Gasteiger partial charge is 0.293 e. The van der Waals surface area contributed by atoms with Crippen LogP contribution >= 0.6 is 0 Å². The molecular weight excluding hydrogens is 290 g/mol. The molecule has 0 aromatic heterocycles. The van der Waals surface area contributed by atoms with Gasteiger partial charge in [0.1, 0.15) is 5.69 Å². The number of nitro groups is 1. The molecule has 0 radical (unpaired) electrons. The lowest BCUT2D eigenvalue weighted by atomic mass is 10.1. The highest BCUT2D eigenvalue weighted by atomic mass is 16.7. The lowest BCUT2D eigenvalue weighted by Crippen LogP contribution is -2.47. The number of carbonyl (C=O) groups is 1. The van der Waals surface area contributed by atoms with Gasteiger partial charge in [-0.3, -0.25) is 14.9 Å². The summed E-state index contributed by atoms with van der Waals surface area (Å²) in [5.41, 5.74) is 5.97. The van der Waals surface area contributed by atoms with Crippen LogP contribution in [0.1, 0.15) is 29.3 Å². The number of hydrogen-bond acceptors (Lipinski definition) is 6. The Morgan fingerprint density at radius 1 is 1.45 bits per heavy atom. The lowest BCUT2D eigenvalue weighted by molar-refractivity contribution is -0.384. The number of nitrogens with one attached hydrogen (secondary N) is 1. The average molecular weight is 309 g/mol. The van der Waals surface area contributed by atoms with Gasteiger partial charge in [0.15, 0.2) is 5.79 Å². The predicted octanol–water partition coefficient (Wildman–Crippen LogP) is 1.37. The Kier molecular flexibility index (Phi) is 4.62. The molecule has 1 aromatic carbocycles. The zero-order valence-electron chi connectivity index (χ0n) is 12.5. The minimum Gasteiger partial charge on any atom is -0.393 e. The summed E-state index contributed by atoms with van der Waals surface area (Å²) in [7, 11) is 0. The highest BCUT2D eigenvalue weighted by molar-refractivity contribution is 6.01. The topological polar surface area (TPSA) is 117 Å². The number of nitrogens with zero attached hydrogens (tertiary/aromatic N) is 1.